The molecule has 1 heterocycles. The Labute approximate surface area is 128 Å². The zero-order valence-electron chi connectivity index (χ0n) is 12.2. The molecule has 20 heavy (non-hydrogen) atoms. The van der Waals surface area contributed by atoms with Gasteiger partial charge in [0.15, 0.2) is 0 Å². The normalized spacial score (nSPS) is 12.7. The van der Waals surface area contributed by atoms with Gasteiger partial charge in [0.1, 0.15) is 0 Å². The number of nitrogens with zero attached hydrogens (tertiary/aromatic N) is 2. The highest BCUT2D eigenvalue weighted by Crippen LogP contribution is 2.24. The number of aryl methyl sites for hydroxylation is 3. The van der Waals surface area contributed by atoms with Gasteiger partial charge in [0.25, 0.3) is 0 Å². The summed E-state index contributed by atoms with van der Waals surface area (Å²) in [5.74, 6) is 0. The Bertz CT molecular complexity index is 592. The highest BCUT2D eigenvalue weighted by atomic mass is 79.9. The highest BCUT2D eigenvalue weighted by Gasteiger charge is 2.15. The van der Waals surface area contributed by atoms with Crippen molar-refractivity contribution < 1.29 is 5.11 Å². The van der Waals surface area contributed by atoms with Gasteiger partial charge in [-0.2, -0.15) is 5.10 Å². The van der Waals surface area contributed by atoms with Gasteiger partial charge in [-0.3, -0.25) is 4.68 Å². The van der Waals surface area contributed by atoms with Gasteiger partial charge in [-0.05, 0) is 49.6 Å². The van der Waals surface area contributed by atoms with E-state index in [1.165, 1.54) is 0 Å². The van der Waals surface area contributed by atoms with Crippen LogP contribution in [0.1, 0.15) is 42.5 Å². The van der Waals surface area contributed by atoms with Crippen LogP contribution in [0.4, 0.5) is 0 Å². The molecule has 0 radical (unpaired) electrons. The topological polar surface area (TPSA) is 38.0 Å². The van der Waals surface area contributed by atoms with Crippen LogP contribution in [0, 0.1) is 6.92 Å². The van der Waals surface area contributed by atoms with E-state index in [4.69, 9.17) is 0 Å². The summed E-state index contributed by atoms with van der Waals surface area (Å²) in [7, 11) is 0. The maximum atomic E-state index is 10.5. The SMILES string of the molecule is CCc1cc(CC(O)c2ccc(Br)cc2C)n(CC)n1. The van der Waals surface area contributed by atoms with Gasteiger partial charge in [0.2, 0.25) is 0 Å². The van der Waals surface area contributed by atoms with Crippen molar-refractivity contribution >= 4 is 15.9 Å². The first-order valence-electron chi connectivity index (χ1n) is 7.04. The lowest BCUT2D eigenvalue weighted by molar-refractivity contribution is 0.174. The molecular formula is C16H21BrN2O. The second-order valence-corrected chi connectivity index (χ2v) is 5.93. The fourth-order valence-electron chi connectivity index (χ4n) is 2.45. The number of aliphatic hydroxyl groups is 1. The summed E-state index contributed by atoms with van der Waals surface area (Å²) < 4.78 is 3.02. The lowest BCUT2D eigenvalue weighted by Gasteiger charge is -2.14. The number of hydrogen-bond donors (Lipinski definition) is 1. The van der Waals surface area contributed by atoms with Crippen molar-refractivity contribution in [3.05, 3.63) is 51.3 Å². The average Bonchev–Trinajstić information content (AvgIpc) is 2.80. The molecule has 1 aromatic heterocycles. The summed E-state index contributed by atoms with van der Waals surface area (Å²) >= 11 is 3.45. The molecule has 0 saturated carbocycles. The molecule has 0 fully saturated rings. The summed E-state index contributed by atoms with van der Waals surface area (Å²) in [6, 6.07) is 8.09. The molecule has 1 atom stereocenters. The highest BCUT2D eigenvalue weighted by molar-refractivity contribution is 9.10. The predicted molar refractivity (Wildman–Crippen MR) is 84.8 cm³/mol. The van der Waals surface area contributed by atoms with Crippen LogP contribution in [0.15, 0.2) is 28.7 Å². The quantitative estimate of drug-likeness (QED) is 0.901. The zero-order valence-corrected chi connectivity index (χ0v) is 13.8. The third-order valence-corrected chi connectivity index (χ3v) is 4.06. The third kappa shape index (κ3) is 3.30. The van der Waals surface area contributed by atoms with Gasteiger partial charge in [-0.25, -0.2) is 0 Å². The summed E-state index contributed by atoms with van der Waals surface area (Å²) in [6.07, 6.45) is 1.03. The molecule has 1 unspecified atom stereocenters. The lowest BCUT2D eigenvalue weighted by Crippen LogP contribution is -2.09. The molecule has 1 N–H and O–H groups in total. The molecule has 4 heteroatoms. The predicted octanol–water partition coefficient (Wildman–Crippen LogP) is 3.81. The maximum absolute atomic E-state index is 10.5. The number of aromatic nitrogens is 2. The van der Waals surface area contributed by atoms with Crippen molar-refractivity contribution in [2.75, 3.05) is 0 Å². The fraction of sp³-hybridized carbons (Fsp3) is 0.438. The summed E-state index contributed by atoms with van der Waals surface area (Å²) in [5, 5.41) is 15.0. The Morgan fingerprint density at radius 3 is 2.65 bits per heavy atom. The summed E-state index contributed by atoms with van der Waals surface area (Å²) in [5.41, 5.74) is 4.26. The van der Waals surface area contributed by atoms with Gasteiger partial charge < -0.3 is 5.11 Å². The second-order valence-electron chi connectivity index (χ2n) is 5.02. The minimum atomic E-state index is -0.491. The van der Waals surface area contributed by atoms with Crippen LogP contribution in [0.25, 0.3) is 0 Å². The molecule has 0 saturated heterocycles. The molecule has 0 aliphatic rings. The first-order valence-corrected chi connectivity index (χ1v) is 7.84. The van der Waals surface area contributed by atoms with Crippen molar-refractivity contribution in [1.82, 2.24) is 9.78 Å². The Balaban J connectivity index is 2.22. The number of halogens is 1. The average molecular weight is 337 g/mol. The molecule has 3 nitrogen and oxygen atoms in total. The van der Waals surface area contributed by atoms with E-state index in [-0.39, 0.29) is 0 Å². The Morgan fingerprint density at radius 2 is 2.05 bits per heavy atom. The van der Waals surface area contributed by atoms with E-state index in [0.29, 0.717) is 6.42 Å². The van der Waals surface area contributed by atoms with E-state index in [1.807, 2.05) is 29.8 Å². The van der Waals surface area contributed by atoms with Gasteiger partial charge in [0.05, 0.1) is 11.8 Å². The Kier molecular flexibility index (Phi) is 5.00. The Hall–Kier alpha value is -1.13. The van der Waals surface area contributed by atoms with E-state index in [9.17, 15) is 5.11 Å². The molecule has 0 aliphatic carbocycles. The molecule has 0 bridgehead atoms. The number of hydrogen-bond acceptors (Lipinski definition) is 2. The van der Waals surface area contributed by atoms with Crippen LogP contribution in [-0.4, -0.2) is 14.9 Å². The van der Waals surface area contributed by atoms with Gasteiger partial charge in [-0.15, -0.1) is 0 Å². The number of aliphatic hydroxyl groups excluding tert-OH is 1. The zero-order chi connectivity index (χ0) is 14.7. The second kappa shape index (κ2) is 6.55. The van der Waals surface area contributed by atoms with Crippen LogP contribution < -0.4 is 0 Å². The minimum Gasteiger partial charge on any atom is -0.388 e. The van der Waals surface area contributed by atoms with Crippen LogP contribution in [0.2, 0.25) is 0 Å². The van der Waals surface area contributed by atoms with Crippen LogP contribution >= 0.6 is 15.9 Å². The lowest BCUT2D eigenvalue weighted by atomic mass is 10.00. The minimum absolute atomic E-state index is 0.491. The molecule has 0 aliphatic heterocycles. The van der Waals surface area contributed by atoms with E-state index in [1.54, 1.807) is 0 Å². The molecular weight excluding hydrogens is 316 g/mol. The van der Waals surface area contributed by atoms with Crippen molar-refractivity contribution in [2.45, 2.75) is 46.3 Å². The largest absolute Gasteiger partial charge is 0.388 e. The molecule has 108 valence electrons. The third-order valence-electron chi connectivity index (χ3n) is 3.57. The monoisotopic (exact) mass is 336 g/mol. The van der Waals surface area contributed by atoms with Crippen molar-refractivity contribution in [1.29, 1.82) is 0 Å². The smallest absolute Gasteiger partial charge is 0.0847 e. The van der Waals surface area contributed by atoms with Crippen molar-refractivity contribution in [3.8, 4) is 0 Å². The van der Waals surface area contributed by atoms with Crippen LogP contribution in [0.3, 0.4) is 0 Å². The van der Waals surface area contributed by atoms with Crippen LogP contribution in [-0.2, 0) is 19.4 Å². The van der Waals surface area contributed by atoms with Gasteiger partial charge in [0, 0.05) is 23.1 Å². The molecule has 1 aromatic carbocycles. The first-order chi connectivity index (χ1) is 9.55. The van der Waals surface area contributed by atoms with E-state index in [0.717, 1.165) is 40.0 Å². The molecule has 2 aromatic rings. The van der Waals surface area contributed by atoms with Gasteiger partial charge in [-0.1, -0.05) is 28.9 Å². The van der Waals surface area contributed by atoms with Crippen LogP contribution in [0.5, 0.6) is 0 Å². The molecule has 0 spiro atoms. The van der Waals surface area contributed by atoms with Crippen molar-refractivity contribution in [2.24, 2.45) is 0 Å². The van der Waals surface area contributed by atoms with Crippen molar-refractivity contribution in [3.63, 3.8) is 0 Å². The van der Waals surface area contributed by atoms with E-state index in [2.05, 4.69) is 40.9 Å². The molecule has 0 amide bonds. The standard InChI is InChI=1S/C16H21BrN2O/c1-4-13-9-14(19(5-2)18-13)10-16(20)15-7-6-12(17)8-11(15)3/h6-9,16,20H,4-5,10H2,1-3H3. The Morgan fingerprint density at radius 1 is 1.30 bits per heavy atom. The summed E-state index contributed by atoms with van der Waals surface area (Å²) in [4.78, 5) is 0. The summed E-state index contributed by atoms with van der Waals surface area (Å²) in [6.45, 7) is 7.04. The first kappa shape index (κ1) is 15.3. The number of rotatable bonds is 5. The maximum Gasteiger partial charge on any atom is 0.0847 e. The van der Waals surface area contributed by atoms with E-state index >= 15 is 0 Å². The fourth-order valence-corrected chi connectivity index (χ4v) is 2.92. The van der Waals surface area contributed by atoms with Gasteiger partial charge >= 0.3 is 0 Å². The number of benzene rings is 1. The van der Waals surface area contributed by atoms with E-state index < -0.39 is 6.10 Å². The molecule has 2 rings (SSSR count).